The van der Waals surface area contributed by atoms with E-state index in [9.17, 15) is 13.9 Å². The molecule has 0 radical (unpaired) electrons. The fourth-order valence-corrected chi connectivity index (χ4v) is 3.48. The molecular weight excluding hydrogens is 390 g/mol. The SMILES string of the molecule is Cc1cccc(Cn2cc(CC(O)(Cn3cncn3)c3ccc(F)cc3F)nn2)c1. The van der Waals surface area contributed by atoms with E-state index in [0.717, 1.165) is 23.3 Å². The van der Waals surface area contributed by atoms with Gasteiger partial charge in [-0.2, -0.15) is 5.10 Å². The topological polar surface area (TPSA) is 81.7 Å². The number of halogens is 2. The normalized spacial score (nSPS) is 13.3. The maximum atomic E-state index is 14.5. The van der Waals surface area contributed by atoms with Gasteiger partial charge in [0.1, 0.15) is 29.9 Å². The molecule has 2 heterocycles. The number of hydrogen-bond acceptors (Lipinski definition) is 5. The summed E-state index contributed by atoms with van der Waals surface area (Å²) in [6.07, 6.45) is 4.40. The number of nitrogens with zero attached hydrogens (tertiary/aromatic N) is 6. The second kappa shape index (κ2) is 8.11. The predicted octanol–water partition coefficient (Wildman–Crippen LogP) is 2.64. The molecule has 0 fully saturated rings. The van der Waals surface area contributed by atoms with Gasteiger partial charge in [-0.05, 0) is 18.6 Å². The third kappa shape index (κ3) is 4.41. The lowest BCUT2D eigenvalue weighted by Gasteiger charge is -2.28. The monoisotopic (exact) mass is 410 g/mol. The van der Waals surface area contributed by atoms with E-state index in [1.807, 2.05) is 25.1 Å². The largest absolute Gasteiger partial charge is 0.383 e. The van der Waals surface area contributed by atoms with Gasteiger partial charge in [0.05, 0.1) is 18.8 Å². The maximum Gasteiger partial charge on any atom is 0.137 e. The molecule has 0 amide bonds. The summed E-state index contributed by atoms with van der Waals surface area (Å²) in [5.74, 6) is -1.56. The van der Waals surface area contributed by atoms with Crippen LogP contribution in [0, 0.1) is 18.6 Å². The average Bonchev–Trinajstić information content (AvgIpc) is 3.33. The van der Waals surface area contributed by atoms with Crippen LogP contribution in [-0.4, -0.2) is 34.9 Å². The molecule has 0 aliphatic carbocycles. The summed E-state index contributed by atoms with van der Waals surface area (Å²) in [7, 11) is 0. The minimum atomic E-state index is -1.73. The van der Waals surface area contributed by atoms with Crippen molar-refractivity contribution in [2.24, 2.45) is 0 Å². The molecule has 0 aliphatic heterocycles. The highest BCUT2D eigenvalue weighted by Crippen LogP contribution is 2.30. The highest BCUT2D eigenvalue weighted by molar-refractivity contribution is 5.27. The van der Waals surface area contributed by atoms with E-state index >= 15 is 0 Å². The zero-order valence-corrected chi connectivity index (χ0v) is 16.3. The third-order valence-electron chi connectivity index (χ3n) is 4.81. The predicted molar refractivity (Wildman–Crippen MR) is 104 cm³/mol. The van der Waals surface area contributed by atoms with E-state index < -0.39 is 17.2 Å². The molecule has 4 aromatic rings. The van der Waals surface area contributed by atoms with Crippen molar-refractivity contribution < 1.29 is 13.9 Å². The van der Waals surface area contributed by atoms with Crippen LogP contribution in [0.3, 0.4) is 0 Å². The first kappa shape index (κ1) is 19.8. The minimum Gasteiger partial charge on any atom is -0.383 e. The fraction of sp³-hybridized carbons (Fsp3) is 0.238. The van der Waals surface area contributed by atoms with Crippen LogP contribution in [-0.2, 0) is 25.1 Å². The lowest BCUT2D eigenvalue weighted by molar-refractivity contribution is 0.0107. The molecule has 30 heavy (non-hydrogen) atoms. The van der Waals surface area contributed by atoms with Gasteiger partial charge >= 0.3 is 0 Å². The first-order valence-electron chi connectivity index (χ1n) is 9.36. The number of benzene rings is 2. The molecule has 154 valence electrons. The van der Waals surface area contributed by atoms with Crippen LogP contribution < -0.4 is 0 Å². The van der Waals surface area contributed by atoms with Crippen LogP contribution in [0.4, 0.5) is 8.78 Å². The third-order valence-corrected chi connectivity index (χ3v) is 4.81. The molecule has 4 rings (SSSR count). The molecule has 1 atom stereocenters. The Balaban J connectivity index is 1.61. The van der Waals surface area contributed by atoms with Gasteiger partial charge in [0, 0.05) is 24.2 Å². The summed E-state index contributed by atoms with van der Waals surface area (Å²) in [5, 5.41) is 23.6. The molecule has 0 saturated heterocycles. The Bertz CT molecular complexity index is 1140. The van der Waals surface area contributed by atoms with Crippen molar-refractivity contribution in [1.29, 1.82) is 0 Å². The minimum absolute atomic E-state index is 0.0385. The molecule has 1 N–H and O–H groups in total. The zero-order chi connectivity index (χ0) is 21.1. The van der Waals surface area contributed by atoms with E-state index in [-0.39, 0.29) is 18.5 Å². The number of hydrogen-bond donors (Lipinski definition) is 1. The summed E-state index contributed by atoms with van der Waals surface area (Å²) < 4.78 is 31.0. The average molecular weight is 410 g/mol. The Morgan fingerprint density at radius 1 is 1.10 bits per heavy atom. The zero-order valence-electron chi connectivity index (χ0n) is 16.3. The lowest BCUT2D eigenvalue weighted by Crippen LogP contribution is -2.35. The fourth-order valence-electron chi connectivity index (χ4n) is 3.48. The lowest BCUT2D eigenvalue weighted by atomic mass is 9.88. The first-order valence-corrected chi connectivity index (χ1v) is 9.36. The van der Waals surface area contributed by atoms with Crippen LogP contribution in [0.25, 0.3) is 0 Å². The number of rotatable bonds is 7. The van der Waals surface area contributed by atoms with Gasteiger partial charge in [0.15, 0.2) is 0 Å². The van der Waals surface area contributed by atoms with Crippen LogP contribution >= 0.6 is 0 Å². The van der Waals surface area contributed by atoms with E-state index in [1.165, 1.54) is 23.4 Å². The summed E-state index contributed by atoms with van der Waals surface area (Å²) in [5.41, 5.74) is 0.896. The van der Waals surface area contributed by atoms with Gasteiger partial charge < -0.3 is 5.11 Å². The molecule has 0 aliphatic rings. The van der Waals surface area contributed by atoms with Gasteiger partial charge in [-0.15, -0.1) is 5.10 Å². The van der Waals surface area contributed by atoms with Gasteiger partial charge in [0.25, 0.3) is 0 Å². The van der Waals surface area contributed by atoms with Crippen LogP contribution in [0.1, 0.15) is 22.4 Å². The number of aromatic nitrogens is 6. The van der Waals surface area contributed by atoms with Crippen molar-refractivity contribution in [1.82, 2.24) is 29.8 Å². The summed E-state index contributed by atoms with van der Waals surface area (Å²) in [6.45, 7) is 2.44. The van der Waals surface area contributed by atoms with Crippen LogP contribution in [0.15, 0.2) is 61.3 Å². The van der Waals surface area contributed by atoms with E-state index in [4.69, 9.17) is 0 Å². The maximum absolute atomic E-state index is 14.5. The van der Waals surface area contributed by atoms with Crippen molar-refractivity contribution >= 4 is 0 Å². The second-order valence-electron chi connectivity index (χ2n) is 7.32. The van der Waals surface area contributed by atoms with E-state index in [0.29, 0.717) is 12.2 Å². The molecule has 0 spiro atoms. The quantitative estimate of drug-likeness (QED) is 0.507. The van der Waals surface area contributed by atoms with Crippen molar-refractivity contribution in [3.8, 4) is 0 Å². The molecule has 2 aromatic heterocycles. The van der Waals surface area contributed by atoms with E-state index in [1.54, 1.807) is 10.9 Å². The molecular formula is C21H20F2N6O. The van der Waals surface area contributed by atoms with Crippen molar-refractivity contribution in [3.63, 3.8) is 0 Å². The van der Waals surface area contributed by atoms with Gasteiger partial charge in [-0.1, -0.05) is 41.1 Å². The second-order valence-corrected chi connectivity index (χ2v) is 7.32. The Kier molecular flexibility index (Phi) is 5.37. The summed E-state index contributed by atoms with van der Waals surface area (Å²) in [4.78, 5) is 3.86. The van der Waals surface area contributed by atoms with Crippen molar-refractivity contribution in [2.45, 2.75) is 32.0 Å². The molecule has 2 aromatic carbocycles. The highest BCUT2D eigenvalue weighted by Gasteiger charge is 2.35. The van der Waals surface area contributed by atoms with Crippen molar-refractivity contribution in [2.75, 3.05) is 0 Å². The van der Waals surface area contributed by atoms with Crippen LogP contribution in [0.5, 0.6) is 0 Å². The molecule has 9 heteroatoms. The van der Waals surface area contributed by atoms with Gasteiger partial charge in [-0.25, -0.2) is 23.1 Å². The molecule has 0 bridgehead atoms. The van der Waals surface area contributed by atoms with Gasteiger partial charge in [0.2, 0.25) is 0 Å². The standard InChI is InChI=1S/C21H20F2N6O/c1-15-3-2-4-16(7-15)10-28-11-18(26-27-28)9-21(30,12-29-14-24-13-25-29)19-6-5-17(22)8-20(19)23/h2-8,11,13-14,30H,9-10,12H2,1H3. The Morgan fingerprint density at radius 2 is 1.97 bits per heavy atom. The summed E-state index contributed by atoms with van der Waals surface area (Å²) in [6, 6.07) is 11.1. The summed E-state index contributed by atoms with van der Waals surface area (Å²) >= 11 is 0. The Morgan fingerprint density at radius 3 is 2.70 bits per heavy atom. The molecule has 0 saturated carbocycles. The smallest absolute Gasteiger partial charge is 0.137 e. The number of aryl methyl sites for hydroxylation is 1. The number of aliphatic hydroxyl groups is 1. The molecule has 1 unspecified atom stereocenters. The van der Waals surface area contributed by atoms with Crippen molar-refractivity contribution in [3.05, 3.63) is 95.3 Å². The van der Waals surface area contributed by atoms with Crippen LogP contribution in [0.2, 0.25) is 0 Å². The highest BCUT2D eigenvalue weighted by atomic mass is 19.1. The van der Waals surface area contributed by atoms with Gasteiger partial charge in [-0.3, -0.25) is 0 Å². The van der Waals surface area contributed by atoms with E-state index in [2.05, 4.69) is 26.5 Å². The Hall–Kier alpha value is -3.46. The molecule has 7 nitrogen and oxygen atoms in total. The first-order chi connectivity index (χ1) is 14.4. The Labute approximate surface area is 171 Å².